The smallest absolute Gasteiger partial charge is 0.120 e. The van der Waals surface area contributed by atoms with Gasteiger partial charge in [-0.1, -0.05) is 66.6 Å². The van der Waals surface area contributed by atoms with Gasteiger partial charge >= 0.3 is 0 Å². The molecular weight excluding hydrogens is 312 g/mol. The second-order valence-corrected chi connectivity index (χ2v) is 6.30. The Bertz CT molecular complexity index is 663. The number of terminal acetylenes is 1. The van der Waals surface area contributed by atoms with Crippen LogP contribution < -0.4 is 0 Å². The van der Waals surface area contributed by atoms with Gasteiger partial charge in [0.25, 0.3) is 0 Å². The lowest BCUT2D eigenvalue weighted by Crippen LogP contribution is -2.38. The zero-order valence-electron chi connectivity index (χ0n) is 14.3. The molecular formula is C22H24O3. The van der Waals surface area contributed by atoms with Crippen LogP contribution in [0.3, 0.4) is 0 Å². The van der Waals surface area contributed by atoms with Crippen LogP contribution in [-0.2, 0) is 27.4 Å². The molecule has 3 atom stereocenters. The molecule has 2 aromatic rings. The molecule has 0 spiro atoms. The van der Waals surface area contributed by atoms with E-state index in [0.717, 1.165) is 18.4 Å². The molecule has 1 saturated heterocycles. The zero-order chi connectivity index (χ0) is 17.3. The van der Waals surface area contributed by atoms with Gasteiger partial charge in [-0.05, 0) is 11.1 Å². The van der Waals surface area contributed by atoms with Crippen molar-refractivity contribution >= 4 is 0 Å². The molecule has 1 heterocycles. The fraction of sp³-hybridized carbons (Fsp3) is 0.364. The highest BCUT2D eigenvalue weighted by Gasteiger charge is 2.29. The summed E-state index contributed by atoms with van der Waals surface area (Å²) in [6.07, 6.45) is 6.98. The van der Waals surface area contributed by atoms with Crippen LogP contribution in [0.1, 0.15) is 24.0 Å². The molecule has 3 rings (SSSR count). The second kappa shape index (κ2) is 9.39. The molecule has 1 unspecified atom stereocenters. The van der Waals surface area contributed by atoms with Crippen molar-refractivity contribution in [3.05, 3.63) is 71.8 Å². The number of benzene rings is 2. The Morgan fingerprint density at radius 1 is 0.920 bits per heavy atom. The molecule has 0 N–H and O–H groups in total. The Labute approximate surface area is 149 Å². The van der Waals surface area contributed by atoms with E-state index in [-0.39, 0.29) is 18.3 Å². The van der Waals surface area contributed by atoms with Crippen molar-refractivity contribution < 1.29 is 14.2 Å². The van der Waals surface area contributed by atoms with Gasteiger partial charge in [0.2, 0.25) is 0 Å². The van der Waals surface area contributed by atoms with Crippen LogP contribution in [0.15, 0.2) is 60.7 Å². The lowest BCUT2D eigenvalue weighted by molar-refractivity contribution is -0.123. The first-order valence-corrected chi connectivity index (χ1v) is 8.72. The van der Waals surface area contributed by atoms with E-state index in [4.69, 9.17) is 20.6 Å². The van der Waals surface area contributed by atoms with Crippen molar-refractivity contribution in [3.63, 3.8) is 0 Å². The normalized spacial score (nSPS) is 23.1. The predicted octanol–water partition coefficient (Wildman–Crippen LogP) is 3.97. The van der Waals surface area contributed by atoms with Crippen molar-refractivity contribution in [3.8, 4) is 12.3 Å². The summed E-state index contributed by atoms with van der Waals surface area (Å²) in [5, 5.41) is 0. The SMILES string of the molecule is C#CC1C[C@@H](OCc2ccccc2)C[C@@H](COCc2ccccc2)O1. The van der Waals surface area contributed by atoms with E-state index in [2.05, 4.69) is 30.2 Å². The molecule has 130 valence electrons. The molecule has 0 bridgehead atoms. The van der Waals surface area contributed by atoms with Crippen molar-refractivity contribution in [1.29, 1.82) is 0 Å². The molecule has 25 heavy (non-hydrogen) atoms. The molecule has 1 fully saturated rings. The zero-order valence-corrected chi connectivity index (χ0v) is 14.3. The first kappa shape index (κ1) is 17.7. The second-order valence-electron chi connectivity index (χ2n) is 6.30. The van der Waals surface area contributed by atoms with E-state index in [1.54, 1.807) is 0 Å². The summed E-state index contributed by atoms with van der Waals surface area (Å²) in [5.41, 5.74) is 2.33. The fourth-order valence-corrected chi connectivity index (χ4v) is 2.99. The molecule has 2 aromatic carbocycles. The van der Waals surface area contributed by atoms with Crippen molar-refractivity contribution in [2.45, 2.75) is 44.4 Å². The lowest BCUT2D eigenvalue weighted by atomic mass is 10.0. The van der Waals surface area contributed by atoms with Crippen molar-refractivity contribution in [2.75, 3.05) is 6.61 Å². The van der Waals surface area contributed by atoms with E-state index in [0.29, 0.717) is 19.8 Å². The highest BCUT2D eigenvalue weighted by atomic mass is 16.5. The molecule has 1 aliphatic heterocycles. The van der Waals surface area contributed by atoms with Crippen LogP contribution in [0.4, 0.5) is 0 Å². The summed E-state index contributed by atoms with van der Waals surface area (Å²) in [5.74, 6) is 2.71. The minimum absolute atomic E-state index is 0.0284. The van der Waals surface area contributed by atoms with Gasteiger partial charge in [0.05, 0.1) is 32.0 Å². The van der Waals surface area contributed by atoms with Gasteiger partial charge in [0.15, 0.2) is 0 Å². The van der Waals surface area contributed by atoms with Gasteiger partial charge in [0, 0.05) is 12.8 Å². The standard InChI is InChI=1S/C22H24O3/c1-2-20-13-21(24-16-19-11-7-4-8-12-19)14-22(25-20)17-23-15-18-9-5-3-6-10-18/h1,3-12,20-22H,13-17H2/t20?,21-,22+/m1/s1. The van der Waals surface area contributed by atoms with Crippen LogP contribution in [0.5, 0.6) is 0 Å². The van der Waals surface area contributed by atoms with Crippen LogP contribution in [0.2, 0.25) is 0 Å². The molecule has 1 aliphatic rings. The summed E-state index contributed by atoms with van der Waals surface area (Å²) in [7, 11) is 0. The van der Waals surface area contributed by atoms with Gasteiger partial charge in [-0.25, -0.2) is 0 Å². The maximum atomic E-state index is 6.06. The summed E-state index contributed by atoms with van der Waals surface area (Å²) in [4.78, 5) is 0. The maximum absolute atomic E-state index is 6.06. The highest BCUT2D eigenvalue weighted by Crippen LogP contribution is 2.23. The predicted molar refractivity (Wildman–Crippen MR) is 97.8 cm³/mol. The topological polar surface area (TPSA) is 27.7 Å². The quantitative estimate of drug-likeness (QED) is 0.716. The molecule has 0 amide bonds. The van der Waals surface area contributed by atoms with Gasteiger partial charge < -0.3 is 14.2 Å². The van der Waals surface area contributed by atoms with E-state index in [9.17, 15) is 0 Å². The van der Waals surface area contributed by atoms with E-state index < -0.39 is 0 Å². The van der Waals surface area contributed by atoms with E-state index >= 15 is 0 Å². The Morgan fingerprint density at radius 3 is 2.20 bits per heavy atom. The third-order valence-corrected chi connectivity index (χ3v) is 4.29. The third-order valence-electron chi connectivity index (χ3n) is 4.29. The summed E-state index contributed by atoms with van der Waals surface area (Å²) in [6, 6.07) is 20.3. The average molecular weight is 336 g/mol. The Kier molecular flexibility index (Phi) is 6.64. The summed E-state index contributed by atoms with van der Waals surface area (Å²) in [6.45, 7) is 1.70. The molecule has 3 heteroatoms. The number of rotatable bonds is 7. The van der Waals surface area contributed by atoms with E-state index in [1.165, 1.54) is 5.56 Å². The fourth-order valence-electron chi connectivity index (χ4n) is 2.99. The Morgan fingerprint density at radius 2 is 1.56 bits per heavy atom. The molecule has 0 aliphatic carbocycles. The molecule has 0 radical (unpaired) electrons. The minimum atomic E-state index is -0.208. The average Bonchev–Trinajstić information content (AvgIpc) is 2.68. The maximum Gasteiger partial charge on any atom is 0.120 e. The largest absolute Gasteiger partial charge is 0.374 e. The number of ether oxygens (including phenoxy) is 3. The van der Waals surface area contributed by atoms with Crippen molar-refractivity contribution in [2.24, 2.45) is 0 Å². The van der Waals surface area contributed by atoms with Gasteiger partial charge in [-0.15, -0.1) is 6.42 Å². The van der Waals surface area contributed by atoms with Gasteiger partial charge in [-0.3, -0.25) is 0 Å². The van der Waals surface area contributed by atoms with Crippen LogP contribution in [-0.4, -0.2) is 24.9 Å². The van der Waals surface area contributed by atoms with Crippen LogP contribution in [0.25, 0.3) is 0 Å². The monoisotopic (exact) mass is 336 g/mol. The molecule has 0 saturated carbocycles. The Hall–Kier alpha value is -2.12. The molecule has 3 nitrogen and oxygen atoms in total. The van der Waals surface area contributed by atoms with Gasteiger partial charge in [-0.2, -0.15) is 0 Å². The van der Waals surface area contributed by atoms with E-state index in [1.807, 2.05) is 36.4 Å². The first-order chi connectivity index (χ1) is 12.3. The first-order valence-electron chi connectivity index (χ1n) is 8.72. The summed E-state index contributed by atoms with van der Waals surface area (Å²) >= 11 is 0. The third kappa shape index (κ3) is 5.72. The lowest BCUT2D eigenvalue weighted by Gasteiger charge is -2.33. The van der Waals surface area contributed by atoms with Crippen LogP contribution in [0, 0.1) is 12.3 Å². The summed E-state index contributed by atoms with van der Waals surface area (Å²) < 4.78 is 17.8. The van der Waals surface area contributed by atoms with Crippen LogP contribution >= 0.6 is 0 Å². The minimum Gasteiger partial charge on any atom is -0.374 e. The van der Waals surface area contributed by atoms with Gasteiger partial charge in [0.1, 0.15) is 6.10 Å². The number of hydrogen-bond donors (Lipinski definition) is 0. The van der Waals surface area contributed by atoms with Crippen molar-refractivity contribution in [1.82, 2.24) is 0 Å². The highest BCUT2D eigenvalue weighted by molar-refractivity contribution is 5.14. The Balaban J connectivity index is 1.47. The molecule has 0 aromatic heterocycles. The number of hydrogen-bond acceptors (Lipinski definition) is 3.